The molecule has 4 aromatic carbocycles. The molecule has 0 fully saturated rings. The second-order valence-electron chi connectivity index (χ2n) is 7.40. The van der Waals surface area contributed by atoms with Crippen molar-refractivity contribution in [2.24, 2.45) is 0 Å². The summed E-state index contributed by atoms with van der Waals surface area (Å²) in [4.78, 5) is 0. The largest absolute Gasteiger partial charge is 0.0622 e. The van der Waals surface area contributed by atoms with Crippen molar-refractivity contribution in [3.63, 3.8) is 0 Å². The predicted molar refractivity (Wildman–Crippen MR) is 113 cm³/mol. The highest BCUT2D eigenvalue weighted by Gasteiger charge is 2.23. The third kappa shape index (κ3) is 3.08. The Labute approximate surface area is 161 Å². The van der Waals surface area contributed by atoms with Gasteiger partial charge in [0.15, 0.2) is 0 Å². The molecule has 0 heteroatoms. The van der Waals surface area contributed by atoms with Gasteiger partial charge < -0.3 is 0 Å². The first-order chi connectivity index (χ1) is 13.4. The van der Waals surface area contributed by atoms with Crippen molar-refractivity contribution in [2.45, 2.75) is 19.3 Å². The highest BCUT2D eigenvalue weighted by atomic mass is 14.3. The van der Waals surface area contributed by atoms with Gasteiger partial charge in [0.2, 0.25) is 0 Å². The topological polar surface area (TPSA) is 0 Å². The molecule has 0 radical (unpaired) electrons. The van der Waals surface area contributed by atoms with Crippen molar-refractivity contribution in [1.82, 2.24) is 0 Å². The highest BCUT2D eigenvalue weighted by molar-refractivity contribution is 5.81. The van der Waals surface area contributed by atoms with Gasteiger partial charge >= 0.3 is 0 Å². The van der Waals surface area contributed by atoms with Gasteiger partial charge in [0.1, 0.15) is 0 Å². The number of fused-ring (bicyclic) bond motifs is 3. The molecule has 0 saturated carbocycles. The normalized spacial score (nSPS) is 11.9. The smallest absolute Gasteiger partial charge is 0.00105 e. The molecule has 0 spiro atoms. The lowest BCUT2D eigenvalue weighted by Gasteiger charge is -2.14. The maximum atomic E-state index is 2.36. The van der Waals surface area contributed by atoms with E-state index < -0.39 is 0 Å². The van der Waals surface area contributed by atoms with E-state index in [1.165, 1.54) is 44.5 Å². The molecule has 0 saturated heterocycles. The molecule has 0 aliphatic heterocycles. The second-order valence-corrected chi connectivity index (χ2v) is 7.40. The Bertz CT molecular complexity index is 1080. The fraction of sp³-hybridized carbons (Fsp3) is 0.111. The zero-order valence-corrected chi connectivity index (χ0v) is 15.4. The SMILES string of the molecule is c1ccc(Cc2ccc(Cc3ccccc3)c3c2Cc2ccccc2-3)cc1. The molecule has 27 heavy (non-hydrogen) atoms. The summed E-state index contributed by atoms with van der Waals surface area (Å²) in [5, 5.41) is 0. The molecule has 0 atom stereocenters. The van der Waals surface area contributed by atoms with E-state index in [1.54, 1.807) is 0 Å². The van der Waals surface area contributed by atoms with Gasteiger partial charge in [-0.1, -0.05) is 97.1 Å². The van der Waals surface area contributed by atoms with Crippen molar-refractivity contribution in [3.8, 4) is 11.1 Å². The summed E-state index contributed by atoms with van der Waals surface area (Å²) in [6, 6.07) is 35.2. The third-order valence-electron chi connectivity index (χ3n) is 5.62. The van der Waals surface area contributed by atoms with E-state index in [-0.39, 0.29) is 0 Å². The van der Waals surface area contributed by atoms with Gasteiger partial charge in [0.25, 0.3) is 0 Å². The Hall–Kier alpha value is -3.12. The van der Waals surface area contributed by atoms with Crippen LogP contribution in [0, 0.1) is 0 Å². The van der Waals surface area contributed by atoms with Gasteiger partial charge in [0, 0.05) is 0 Å². The first-order valence-electron chi connectivity index (χ1n) is 9.68. The zero-order chi connectivity index (χ0) is 18.1. The summed E-state index contributed by atoms with van der Waals surface area (Å²) >= 11 is 0. The average Bonchev–Trinajstić information content (AvgIpc) is 3.12. The first-order valence-corrected chi connectivity index (χ1v) is 9.68. The van der Waals surface area contributed by atoms with Crippen LogP contribution in [0.15, 0.2) is 97.1 Å². The maximum absolute atomic E-state index is 2.36. The van der Waals surface area contributed by atoms with Crippen molar-refractivity contribution in [2.75, 3.05) is 0 Å². The molecule has 0 bridgehead atoms. The van der Waals surface area contributed by atoms with Gasteiger partial charge in [-0.3, -0.25) is 0 Å². The number of rotatable bonds is 4. The van der Waals surface area contributed by atoms with Crippen LogP contribution in [0.3, 0.4) is 0 Å². The third-order valence-corrected chi connectivity index (χ3v) is 5.62. The second kappa shape index (κ2) is 6.89. The van der Waals surface area contributed by atoms with E-state index in [0.29, 0.717) is 0 Å². The summed E-state index contributed by atoms with van der Waals surface area (Å²) in [5.74, 6) is 0. The number of benzene rings is 4. The van der Waals surface area contributed by atoms with Crippen molar-refractivity contribution < 1.29 is 0 Å². The van der Waals surface area contributed by atoms with Crippen LogP contribution in [0.1, 0.15) is 33.4 Å². The molecular formula is C27H22. The molecular weight excluding hydrogens is 324 g/mol. The Morgan fingerprint density at radius 1 is 0.519 bits per heavy atom. The lowest BCUT2D eigenvalue weighted by Crippen LogP contribution is -1.99. The fourth-order valence-corrected chi connectivity index (χ4v) is 4.33. The minimum atomic E-state index is 0.989. The van der Waals surface area contributed by atoms with Crippen LogP contribution >= 0.6 is 0 Å². The molecule has 0 heterocycles. The summed E-state index contributed by atoms with van der Waals surface area (Å²) in [6.45, 7) is 0. The molecule has 0 nitrogen and oxygen atoms in total. The molecule has 130 valence electrons. The van der Waals surface area contributed by atoms with Crippen molar-refractivity contribution >= 4 is 0 Å². The zero-order valence-electron chi connectivity index (χ0n) is 15.4. The van der Waals surface area contributed by atoms with E-state index in [9.17, 15) is 0 Å². The van der Waals surface area contributed by atoms with Crippen LogP contribution in [0.4, 0.5) is 0 Å². The summed E-state index contributed by atoms with van der Waals surface area (Å²) in [6.07, 6.45) is 3.04. The van der Waals surface area contributed by atoms with E-state index >= 15 is 0 Å². The van der Waals surface area contributed by atoms with Gasteiger partial charge in [-0.25, -0.2) is 0 Å². The molecule has 0 unspecified atom stereocenters. The first kappa shape index (κ1) is 16.1. The molecule has 0 amide bonds. The van der Waals surface area contributed by atoms with E-state index in [0.717, 1.165) is 19.3 Å². The molecule has 0 aromatic heterocycles. The van der Waals surface area contributed by atoms with Crippen LogP contribution in [0.5, 0.6) is 0 Å². The fourth-order valence-electron chi connectivity index (χ4n) is 4.33. The average molecular weight is 346 g/mol. The minimum Gasteiger partial charge on any atom is -0.0622 e. The van der Waals surface area contributed by atoms with Crippen LogP contribution in [-0.4, -0.2) is 0 Å². The minimum absolute atomic E-state index is 0.989. The van der Waals surface area contributed by atoms with E-state index in [2.05, 4.69) is 97.1 Å². The monoisotopic (exact) mass is 346 g/mol. The standard InChI is InChI=1S/C27H22/c1-3-9-20(10-4-1)17-23-15-16-24(18-21-11-5-2-6-12-21)27-25-14-8-7-13-22(25)19-26(23)27/h1-16H,17-19H2. The number of hydrogen-bond donors (Lipinski definition) is 0. The van der Waals surface area contributed by atoms with Crippen molar-refractivity contribution in [3.05, 3.63) is 130 Å². The summed E-state index contributed by atoms with van der Waals surface area (Å²) in [5.41, 5.74) is 11.5. The molecule has 0 N–H and O–H groups in total. The van der Waals surface area contributed by atoms with Crippen LogP contribution in [-0.2, 0) is 19.3 Å². The van der Waals surface area contributed by atoms with E-state index in [4.69, 9.17) is 0 Å². The van der Waals surface area contributed by atoms with Crippen LogP contribution in [0.2, 0.25) is 0 Å². The maximum Gasteiger partial charge on any atom is -0.00105 e. The summed E-state index contributed by atoms with van der Waals surface area (Å²) in [7, 11) is 0. The number of hydrogen-bond acceptors (Lipinski definition) is 0. The Kier molecular flexibility index (Phi) is 4.10. The van der Waals surface area contributed by atoms with Gasteiger partial charge in [-0.05, 0) is 63.8 Å². The molecule has 5 rings (SSSR count). The Morgan fingerprint density at radius 2 is 1.07 bits per heavy atom. The Morgan fingerprint density at radius 3 is 1.78 bits per heavy atom. The Balaban J connectivity index is 1.61. The highest BCUT2D eigenvalue weighted by Crippen LogP contribution is 2.41. The van der Waals surface area contributed by atoms with Crippen LogP contribution in [0.25, 0.3) is 11.1 Å². The van der Waals surface area contributed by atoms with Crippen LogP contribution < -0.4 is 0 Å². The quantitative estimate of drug-likeness (QED) is 0.351. The van der Waals surface area contributed by atoms with Crippen molar-refractivity contribution in [1.29, 1.82) is 0 Å². The molecule has 1 aliphatic rings. The van der Waals surface area contributed by atoms with E-state index in [1.807, 2.05) is 0 Å². The summed E-state index contributed by atoms with van der Waals surface area (Å²) < 4.78 is 0. The van der Waals surface area contributed by atoms with Gasteiger partial charge in [-0.2, -0.15) is 0 Å². The van der Waals surface area contributed by atoms with Gasteiger partial charge in [0.05, 0.1) is 0 Å². The molecule has 1 aliphatic carbocycles. The lowest BCUT2D eigenvalue weighted by atomic mass is 9.90. The predicted octanol–water partition coefficient (Wildman–Crippen LogP) is 6.44. The lowest BCUT2D eigenvalue weighted by molar-refractivity contribution is 1.10. The van der Waals surface area contributed by atoms with Gasteiger partial charge in [-0.15, -0.1) is 0 Å². The molecule has 4 aromatic rings.